The first-order chi connectivity index (χ1) is 16.3. The van der Waals surface area contributed by atoms with Gasteiger partial charge in [-0.1, -0.05) is 66.2 Å². The lowest BCUT2D eigenvalue weighted by Crippen LogP contribution is -1.92. The molecule has 0 aliphatic heterocycles. The molecule has 2 nitrogen and oxygen atoms in total. The first kappa shape index (κ1) is 18.6. The Bertz CT molecular complexity index is 1830. The minimum absolute atomic E-state index is 0.679. The van der Waals surface area contributed by atoms with Crippen LogP contribution in [-0.2, 0) is 0 Å². The van der Waals surface area contributed by atoms with E-state index in [1.165, 1.54) is 27.4 Å². The van der Waals surface area contributed by atoms with E-state index in [4.69, 9.17) is 16.0 Å². The number of fused-ring (bicyclic) bond motifs is 6. The van der Waals surface area contributed by atoms with Crippen LogP contribution in [0.5, 0.6) is 0 Å². The summed E-state index contributed by atoms with van der Waals surface area (Å²) < 4.78 is 8.46. The highest BCUT2D eigenvalue weighted by Gasteiger charge is 2.16. The number of furan rings is 1. The summed E-state index contributed by atoms with van der Waals surface area (Å²) in [7, 11) is 0. The largest absolute Gasteiger partial charge is 0.456 e. The first-order valence-corrected chi connectivity index (χ1v) is 11.4. The Kier molecular flexibility index (Phi) is 3.93. The van der Waals surface area contributed by atoms with Crippen molar-refractivity contribution in [3.05, 3.63) is 114 Å². The second-order valence-electron chi connectivity index (χ2n) is 8.34. The molecule has 7 aromatic rings. The van der Waals surface area contributed by atoms with Crippen molar-refractivity contribution in [2.45, 2.75) is 0 Å². The van der Waals surface area contributed by atoms with Gasteiger partial charge < -0.3 is 8.98 Å². The highest BCUT2D eigenvalue weighted by atomic mass is 35.5. The van der Waals surface area contributed by atoms with Crippen LogP contribution in [0.4, 0.5) is 0 Å². The van der Waals surface area contributed by atoms with Crippen LogP contribution in [0, 0.1) is 0 Å². The lowest BCUT2D eigenvalue weighted by molar-refractivity contribution is 0.669. The minimum atomic E-state index is 0.679. The minimum Gasteiger partial charge on any atom is -0.456 e. The van der Waals surface area contributed by atoms with Gasteiger partial charge in [-0.25, -0.2) is 0 Å². The number of aromatic nitrogens is 1. The number of hydrogen-bond donors (Lipinski definition) is 0. The van der Waals surface area contributed by atoms with Crippen molar-refractivity contribution >= 4 is 55.3 Å². The maximum absolute atomic E-state index is 6.21. The van der Waals surface area contributed by atoms with E-state index in [-0.39, 0.29) is 0 Å². The Balaban J connectivity index is 1.54. The molecule has 156 valence electrons. The fraction of sp³-hybridized carbons (Fsp3) is 0. The predicted molar refractivity (Wildman–Crippen MR) is 139 cm³/mol. The van der Waals surface area contributed by atoms with E-state index in [2.05, 4.69) is 89.5 Å². The third-order valence-electron chi connectivity index (χ3n) is 6.46. The molecule has 0 aliphatic rings. The molecule has 2 heterocycles. The van der Waals surface area contributed by atoms with Gasteiger partial charge >= 0.3 is 0 Å². The maximum Gasteiger partial charge on any atom is 0.136 e. The Morgan fingerprint density at radius 1 is 0.576 bits per heavy atom. The van der Waals surface area contributed by atoms with Crippen LogP contribution < -0.4 is 0 Å². The van der Waals surface area contributed by atoms with Crippen molar-refractivity contribution in [2.24, 2.45) is 0 Å². The average molecular weight is 444 g/mol. The Morgan fingerprint density at radius 3 is 2.30 bits per heavy atom. The molecule has 2 aromatic heterocycles. The van der Waals surface area contributed by atoms with E-state index in [0.717, 1.165) is 33.2 Å². The zero-order valence-corrected chi connectivity index (χ0v) is 18.4. The summed E-state index contributed by atoms with van der Waals surface area (Å²) in [6.45, 7) is 0. The van der Waals surface area contributed by atoms with Gasteiger partial charge in [0.05, 0.1) is 11.0 Å². The Labute approximate surface area is 195 Å². The van der Waals surface area contributed by atoms with Gasteiger partial charge in [0.25, 0.3) is 0 Å². The Morgan fingerprint density at radius 2 is 1.39 bits per heavy atom. The predicted octanol–water partition coefficient (Wildman–Crippen LogP) is 9.00. The number of hydrogen-bond acceptors (Lipinski definition) is 1. The van der Waals surface area contributed by atoms with Crippen molar-refractivity contribution < 1.29 is 4.42 Å². The molecule has 0 radical (unpaired) electrons. The molecule has 3 heteroatoms. The van der Waals surface area contributed by atoms with Gasteiger partial charge in [-0.3, -0.25) is 0 Å². The fourth-order valence-electron chi connectivity index (χ4n) is 5.04. The summed E-state index contributed by atoms with van der Waals surface area (Å²) in [5.41, 5.74) is 7.58. The summed E-state index contributed by atoms with van der Waals surface area (Å²) in [6.07, 6.45) is 0. The van der Waals surface area contributed by atoms with E-state index >= 15 is 0 Å². The summed E-state index contributed by atoms with van der Waals surface area (Å²) in [4.78, 5) is 0. The van der Waals surface area contributed by atoms with Gasteiger partial charge in [0.1, 0.15) is 11.2 Å². The van der Waals surface area contributed by atoms with E-state index in [1.54, 1.807) is 0 Å². The molecule has 0 saturated carbocycles. The molecule has 0 aliphatic carbocycles. The molecule has 0 N–H and O–H groups in total. The number of halogens is 1. The molecule has 7 rings (SSSR count). The molecule has 0 unspecified atom stereocenters. The van der Waals surface area contributed by atoms with Gasteiger partial charge in [0.15, 0.2) is 0 Å². The molecule has 0 atom stereocenters. The van der Waals surface area contributed by atoms with Crippen LogP contribution in [0.25, 0.3) is 60.6 Å². The van der Waals surface area contributed by atoms with Crippen molar-refractivity contribution in [2.75, 3.05) is 0 Å². The SMILES string of the molecule is Clc1ccc2c(c1)oc1cccc(-c3ccc4c(c3)c3ccccc3n4-c3ccccc3)c12. The van der Waals surface area contributed by atoms with Crippen LogP contribution in [0.2, 0.25) is 5.02 Å². The first-order valence-electron chi connectivity index (χ1n) is 11.0. The van der Waals surface area contributed by atoms with Crippen LogP contribution >= 0.6 is 11.6 Å². The number of nitrogens with zero attached hydrogens (tertiary/aromatic N) is 1. The molecular formula is C30H18ClNO. The molecule has 0 spiro atoms. The molecular weight excluding hydrogens is 426 g/mol. The summed E-state index contributed by atoms with van der Waals surface area (Å²) in [5, 5.41) is 5.36. The Hall–Kier alpha value is -4.01. The van der Waals surface area contributed by atoms with E-state index in [0.29, 0.717) is 5.02 Å². The van der Waals surface area contributed by atoms with Crippen LogP contribution in [0.15, 0.2) is 114 Å². The second-order valence-corrected chi connectivity index (χ2v) is 8.78. The van der Waals surface area contributed by atoms with Crippen molar-refractivity contribution in [3.8, 4) is 16.8 Å². The summed E-state index contributed by atoms with van der Waals surface area (Å²) in [6, 6.07) is 38.0. The molecule has 5 aromatic carbocycles. The van der Waals surface area contributed by atoms with Gasteiger partial charge in [-0.15, -0.1) is 0 Å². The van der Waals surface area contributed by atoms with Gasteiger partial charge in [-0.2, -0.15) is 0 Å². The quantitative estimate of drug-likeness (QED) is 0.260. The van der Waals surface area contributed by atoms with Gasteiger partial charge in [0, 0.05) is 38.3 Å². The summed E-state index contributed by atoms with van der Waals surface area (Å²) >= 11 is 6.21. The maximum atomic E-state index is 6.21. The lowest BCUT2D eigenvalue weighted by Gasteiger charge is -2.08. The van der Waals surface area contributed by atoms with Gasteiger partial charge in [0.2, 0.25) is 0 Å². The molecule has 0 amide bonds. The highest BCUT2D eigenvalue weighted by molar-refractivity contribution is 6.31. The fourth-order valence-corrected chi connectivity index (χ4v) is 5.20. The second kappa shape index (κ2) is 6.99. The van der Waals surface area contributed by atoms with E-state index in [1.807, 2.05) is 24.3 Å². The molecule has 0 saturated heterocycles. The van der Waals surface area contributed by atoms with Crippen LogP contribution in [0.3, 0.4) is 0 Å². The lowest BCUT2D eigenvalue weighted by atomic mass is 9.98. The zero-order chi connectivity index (χ0) is 21.9. The normalized spacial score (nSPS) is 11.8. The third-order valence-corrected chi connectivity index (χ3v) is 6.69. The van der Waals surface area contributed by atoms with Gasteiger partial charge in [-0.05, 0) is 59.7 Å². The molecule has 0 fully saturated rings. The number of rotatable bonds is 2. The average Bonchev–Trinajstić information content (AvgIpc) is 3.39. The van der Waals surface area contributed by atoms with Crippen LogP contribution in [-0.4, -0.2) is 4.57 Å². The molecule has 0 bridgehead atoms. The standard InChI is InChI=1S/C30H18ClNO/c31-20-14-15-24-29(18-20)33-28-12-6-10-22(30(24)28)19-13-16-27-25(17-19)23-9-4-5-11-26(23)32(27)21-7-2-1-3-8-21/h1-18H. The monoisotopic (exact) mass is 443 g/mol. The highest BCUT2D eigenvalue weighted by Crippen LogP contribution is 2.40. The number of para-hydroxylation sites is 2. The summed E-state index contributed by atoms with van der Waals surface area (Å²) in [5.74, 6) is 0. The van der Waals surface area contributed by atoms with E-state index in [9.17, 15) is 0 Å². The van der Waals surface area contributed by atoms with Crippen molar-refractivity contribution in [1.82, 2.24) is 4.57 Å². The van der Waals surface area contributed by atoms with E-state index < -0.39 is 0 Å². The zero-order valence-electron chi connectivity index (χ0n) is 17.6. The van der Waals surface area contributed by atoms with Crippen molar-refractivity contribution in [3.63, 3.8) is 0 Å². The number of benzene rings is 5. The third kappa shape index (κ3) is 2.75. The van der Waals surface area contributed by atoms with Crippen molar-refractivity contribution in [1.29, 1.82) is 0 Å². The smallest absolute Gasteiger partial charge is 0.136 e. The molecule has 33 heavy (non-hydrogen) atoms. The topological polar surface area (TPSA) is 18.1 Å². The van der Waals surface area contributed by atoms with Crippen LogP contribution in [0.1, 0.15) is 0 Å².